The zero-order valence-electron chi connectivity index (χ0n) is 12.2. The number of phenolic OH excluding ortho intramolecular Hbond substituents is 4. The van der Waals surface area contributed by atoms with Crippen LogP contribution >= 0.6 is 0 Å². The van der Waals surface area contributed by atoms with Gasteiger partial charge in [0.15, 0.2) is 34.6 Å². The predicted octanol–water partition coefficient (Wildman–Crippen LogP) is 2.74. The average molecular weight is 316 g/mol. The molecule has 2 aromatic rings. The third-order valence-corrected chi connectivity index (χ3v) is 3.40. The molecule has 0 radical (unpaired) electrons. The molecule has 0 unspecified atom stereocenters. The van der Waals surface area contributed by atoms with Crippen molar-refractivity contribution in [2.75, 3.05) is 0 Å². The molecule has 2 aromatic carbocycles. The fourth-order valence-electron chi connectivity index (χ4n) is 2.09. The maximum absolute atomic E-state index is 11.9. The van der Waals surface area contributed by atoms with Crippen LogP contribution in [0.3, 0.4) is 0 Å². The molecule has 0 aliphatic heterocycles. The standard InChI is InChI=1S/C17H16O6/c18-12(10-4-6-14(20)16(22)8-10)2-1-3-13(19)11-5-7-15(21)17(23)9-11/h4-9,20-23H,1-3H2. The topological polar surface area (TPSA) is 115 Å². The second-order valence-corrected chi connectivity index (χ2v) is 5.11. The lowest BCUT2D eigenvalue weighted by Gasteiger charge is -2.04. The lowest BCUT2D eigenvalue weighted by molar-refractivity contribution is 0.0956. The van der Waals surface area contributed by atoms with Crippen molar-refractivity contribution in [1.29, 1.82) is 0 Å². The zero-order chi connectivity index (χ0) is 17.0. The van der Waals surface area contributed by atoms with Gasteiger partial charge in [0.25, 0.3) is 0 Å². The highest BCUT2D eigenvalue weighted by atomic mass is 16.3. The molecule has 0 aromatic heterocycles. The van der Waals surface area contributed by atoms with Crippen LogP contribution in [0.4, 0.5) is 0 Å². The number of phenols is 4. The van der Waals surface area contributed by atoms with Gasteiger partial charge in [-0.15, -0.1) is 0 Å². The van der Waals surface area contributed by atoms with Crippen molar-refractivity contribution in [1.82, 2.24) is 0 Å². The Morgan fingerprint density at radius 3 is 1.39 bits per heavy atom. The number of Topliss-reactive ketones (excluding diaryl/α,β-unsaturated/α-hetero) is 2. The quantitative estimate of drug-likeness (QED) is 0.481. The highest BCUT2D eigenvalue weighted by Crippen LogP contribution is 2.27. The Morgan fingerprint density at radius 1 is 0.652 bits per heavy atom. The Labute approximate surface area is 132 Å². The van der Waals surface area contributed by atoms with Crippen LogP contribution in [0.1, 0.15) is 40.0 Å². The van der Waals surface area contributed by atoms with E-state index in [1.54, 1.807) is 0 Å². The summed E-state index contributed by atoms with van der Waals surface area (Å²) in [6, 6.07) is 7.61. The fourth-order valence-corrected chi connectivity index (χ4v) is 2.09. The molecule has 6 heteroatoms. The maximum atomic E-state index is 11.9. The molecule has 0 aliphatic carbocycles. The first-order valence-electron chi connectivity index (χ1n) is 6.99. The van der Waals surface area contributed by atoms with Crippen LogP contribution in [0, 0.1) is 0 Å². The van der Waals surface area contributed by atoms with Crippen molar-refractivity contribution in [3.8, 4) is 23.0 Å². The third-order valence-electron chi connectivity index (χ3n) is 3.40. The van der Waals surface area contributed by atoms with Crippen LogP contribution in [0.15, 0.2) is 36.4 Å². The Hall–Kier alpha value is -3.02. The lowest BCUT2D eigenvalue weighted by Crippen LogP contribution is -2.03. The van der Waals surface area contributed by atoms with E-state index < -0.39 is 0 Å². The summed E-state index contributed by atoms with van der Waals surface area (Å²) in [6.07, 6.45) is 0.529. The van der Waals surface area contributed by atoms with E-state index in [0.29, 0.717) is 6.42 Å². The molecule has 23 heavy (non-hydrogen) atoms. The van der Waals surface area contributed by atoms with Crippen LogP contribution in [0.2, 0.25) is 0 Å². The fraction of sp³-hybridized carbons (Fsp3) is 0.176. The summed E-state index contributed by atoms with van der Waals surface area (Å²) in [5, 5.41) is 37.1. The summed E-state index contributed by atoms with van der Waals surface area (Å²) in [7, 11) is 0. The van der Waals surface area contributed by atoms with Gasteiger partial charge in [0, 0.05) is 24.0 Å². The Kier molecular flexibility index (Phi) is 4.85. The second kappa shape index (κ2) is 6.83. The van der Waals surface area contributed by atoms with E-state index in [9.17, 15) is 30.0 Å². The van der Waals surface area contributed by atoms with Crippen LogP contribution in [-0.4, -0.2) is 32.0 Å². The molecule has 120 valence electrons. The van der Waals surface area contributed by atoms with Crippen LogP contribution in [0.5, 0.6) is 23.0 Å². The molecule has 0 heterocycles. The highest BCUT2D eigenvalue weighted by Gasteiger charge is 2.12. The normalized spacial score (nSPS) is 10.4. The molecule has 0 spiro atoms. The van der Waals surface area contributed by atoms with Gasteiger partial charge >= 0.3 is 0 Å². The van der Waals surface area contributed by atoms with Gasteiger partial charge < -0.3 is 20.4 Å². The van der Waals surface area contributed by atoms with Gasteiger partial charge in [0.05, 0.1) is 0 Å². The van der Waals surface area contributed by atoms with Crippen molar-refractivity contribution >= 4 is 11.6 Å². The van der Waals surface area contributed by atoms with E-state index in [1.165, 1.54) is 36.4 Å². The molecule has 0 saturated carbocycles. The Morgan fingerprint density at radius 2 is 1.04 bits per heavy atom. The number of hydrogen-bond donors (Lipinski definition) is 4. The number of aromatic hydroxyl groups is 4. The van der Waals surface area contributed by atoms with Gasteiger partial charge in [0.2, 0.25) is 0 Å². The molecule has 4 N–H and O–H groups in total. The van der Waals surface area contributed by atoms with Crippen molar-refractivity contribution in [3.63, 3.8) is 0 Å². The Bertz CT molecular complexity index is 687. The molecule has 0 aliphatic rings. The van der Waals surface area contributed by atoms with Crippen molar-refractivity contribution in [2.24, 2.45) is 0 Å². The van der Waals surface area contributed by atoms with Crippen molar-refractivity contribution < 1.29 is 30.0 Å². The summed E-state index contributed by atoms with van der Waals surface area (Å²) < 4.78 is 0. The lowest BCUT2D eigenvalue weighted by atomic mass is 10.0. The van der Waals surface area contributed by atoms with Crippen LogP contribution in [-0.2, 0) is 0 Å². The molecule has 0 atom stereocenters. The summed E-state index contributed by atoms with van der Waals surface area (Å²) in [5.74, 6) is -1.84. The molecule has 6 nitrogen and oxygen atoms in total. The largest absolute Gasteiger partial charge is 0.504 e. The molecular weight excluding hydrogens is 300 g/mol. The molecule has 0 bridgehead atoms. The third kappa shape index (κ3) is 4.00. The van der Waals surface area contributed by atoms with Gasteiger partial charge in [-0.05, 0) is 42.8 Å². The average Bonchev–Trinajstić information content (AvgIpc) is 2.52. The number of benzene rings is 2. The first kappa shape index (κ1) is 16.4. The molecular formula is C17H16O6. The molecule has 0 fully saturated rings. The summed E-state index contributed by atoms with van der Waals surface area (Å²) >= 11 is 0. The van der Waals surface area contributed by atoms with Crippen LogP contribution < -0.4 is 0 Å². The van der Waals surface area contributed by atoms with E-state index in [0.717, 1.165) is 0 Å². The van der Waals surface area contributed by atoms with Gasteiger partial charge in [-0.2, -0.15) is 0 Å². The first-order chi connectivity index (χ1) is 10.9. The minimum Gasteiger partial charge on any atom is -0.504 e. The molecule has 0 amide bonds. The number of carbonyl (C=O) groups excluding carboxylic acids is 2. The zero-order valence-corrected chi connectivity index (χ0v) is 12.2. The number of rotatable bonds is 6. The number of hydrogen-bond acceptors (Lipinski definition) is 6. The summed E-state index contributed by atoms with van der Waals surface area (Å²) in [6.45, 7) is 0. The van der Waals surface area contributed by atoms with Gasteiger partial charge in [-0.1, -0.05) is 0 Å². The van der Waals surface area contributed by atoms with Gasteiger partial charge in [-0.3, -0.25) is 9.59 Å². The SMILES string of the molecule is O=C(CCCC(=O)c1ccc(O)c(O)c1)c1ccc(O)c(O)c1. The highest BCUT2D eigenvalue weighted by molar-refractivity contribution is 5.98. The maximum Gasteiger partial charge on any atom is 0.163 e. The van der Waals surface area contributed by atoms with Crippen molar-refractivity contribution in [2.45, 2.75) is 19.3 Å². The minimum absolute atomic E-state index is 0.111. The number of carbonyl (C=O) groups is 2. The number of ketones is 2. The van der Waals surface area contributed by atoms with E-state index in [1.807, 2.05) is 0 Å². The van der Waals surface area contributed by atoms with Gasteiger partial charge in [-0.25, -0.2) is 0 Å². The monoisotopic (exact) mass is 316 g/mol. The molecule has 2 rings (SSSR count). The van der Waals surface area contributed by atoms with E-state index >= 15 is 0 Å². The molecule has 0 saturated heterocycles. The van der Waals surface area contributed by atoms with E-state index in [2.05, 4.69) is 0 Å². The minimum atomic E-state index is -0.369. The summed E-state index contributed by atoms with van der Waals surface area (Å²) in [5.41, 5.74) is 0.519. The van der Waals surface area contributed by atoms with E-state index in [4.69, 9.17) is 0 Å². The second-order valence-electron chi connectivity index (χ2n) is 5.11. The van der Waals surface area contributed by atoms with E-state index in [-0.39, 0.29) is 58.5 Å². The van der Waals surface area contributed by atoms with Crippen molar-refractivity contribution in [3.05, 3.63) is 47.5 Å². The van der Waals surface area contributed by atoms with Crippen LogP contribution in [0.25, 0.3) is 0 Å². The summed E-state index contributed by atoms with van der Waals surface area (Å²) in [4.78, 5) is 23.9. The van der Waals surface area contributed by atoms with Gasteiger partial charge in [0.1, 0.15) is 0 Å². The smallest absolute Gasteiger partial charge is 0.163 e. The Balaban J connectivity index is 1.91. The predicted molar refractivity (Wildman–Crippen MR) is 82.1 cm³/mol. The first-order valence-corrected chi connectivity index (χ1v) is 6.99.